The van der Waals surface area contributed by atoms with Gasteiger partial charge in [-0.25, -0.2) is 18.1 Å². The molecule has 0 aromatic carbocycles. The van der Waals surface area contributed by atoms with Gasteiger partial charge < -0.3 is 5.11 Å². The highest BCUT2D eigenvalue weighted by atomic mass is 32.2. The number of thiophene rings is 1. The first-order valence-electron chi connectivity index (χ1n) is 5.59. The predicted octanol–water partition coefficient (Wildman–Crippen LogP) is 1.03. The highest BCUT2D eigenvalue weighted by Crippen LogP contribution is 2.16. The van der Waals surface area contributed by atoms with Crippen LogP contribution in [0.4, 0.5) is 0 Å². The van der Waals surface area contributed by atoms with E-state index in [1.54, 1.807) is 16.8 Å². The van der Waals surface area contributed by atoms with E-state index < -0.39 is 16.1 Å². The largest absolute Gasteiger partial charge is 0.387 e. The van der Waals surface area contributed by atoms with Crippen LogP contribution in [0, 0.1) is 11.3 Å². The van der Waals surface area contributed by atoms with Crippen molar-refractivity contribution in [3.05, 3.63) is 46.4 Å². The van der Waals surface area contributed by atoms with Crippen LogP contribution in [0.25, 0.3) is 0 Å². The van der Waals surface area contributed by atoms with Crippen molar-refractivity contribution in [2.24, 2.45) is 0 Å². The van der Waals surface area contributed by atoms with Crippen LogP contribution < -0.4 is 4.72 Å². The fraction of sp³-hybridized carbons (Fsp3) is 0.167. The summed E-state index contributed by atoms with van der Waals surface area (Å²) in [4.78, 5) is 3.65. The van der Waals surface area contributed by atoms with E-state index in [1.165, 1.54) is 23.5 Å². The summed E-state index contributed by atoms with van der Waals surface area (Å²) in [6, 6.07) is 6.16. The lowest BCUT2D eigenvalue weighted by Crippen LogP contribution is -2.28. The smallest absolute Gasteiger partial charge is 0.242 e. The van der Waals surface area contributed by atoms with Gasteiger partial charge in [-0.05, 0) is 34.5 Å². The molecule has 0 spiro atoms. The van der Waals surface area contributed by atoms with Crippen LogP contribution in [0.2, 0.25) is 0 Å². The molecule has 0 bridgehead atoms. The number of pyridine rings is 1. The SMILES string of the molecule is N#Cc1ccc(S(=O)(=O)NCC(O)c2ccsc2)cn1. The summed E-state index contributed by atoms with van der Waals surface area (Å²) in [5, 5.41) is 22.0. The van der Waals surface area contributed by atoms with Gasteiger partial charge in [0.1, 0.15) is 16.7 Å². The number of sulfonamides is 1. The number of nitriles is 1. The molecule has 0 radical (unpaired) electrons. The van der Waals surface area contributed by atoms with Gasteiger partial charge >= 0.3 is 0 Å². The average molecular weight is 309 g/mol. The third kappa shape index (κ3) is 3.40. The molecule has 2 rings (SSSR count). The third-order valence-corrected chi connectivity index (χ3v) is 4.67. The standard InChI is InChI=1S/C12H11N3O3S2/c13-5-10-1-2-11(6-14-10)20(17,18)15-7-12(16)9-3-4-19-8-9/h1-4,6,8,12,15-16H,7H2. The summed E-state index contributed by atoms with van der Waals surface area (Å²) in [5.41, 5.74) is 0.804. The molecule has 2 aromatic rings. The monoisotopic (exact) mass is 309 g/mol. The Hall–Kier alpha value is -1.79. The Bertz CT molecular complexity index is 703. The Kier molecular flexibility index (Phi) is 4.46. The zero-order valence-electron chi connectivity index (χ0n) is 10.2. The molecule has 0 fully saturated rings. The number of nitrogens with one attached hydrogen (secondary N) is 1. The van der Waals surface area contributed by atoms with Crippen LogP contribution in [0.15, 0.2) is 40.1 Å². The number of rotatable bonds is 5. The van der Waals surface area contributed by atoms with Gasteiger partial charge in [0.2, 0.25) is 10.0 Å². The second-order valence-corrected chi connectivity index (χ2v) is 6.46. The Morgan fingerprint density at radius 1 is 1.45 bits per heavy atom. The molecule has 1 atom stereocenters. The minimum atomic E-state index is -3.75. The summed E-state index contributed by atoms with van der Waals surface area (Å²) in [6.45, 7) is -0.126. The first-order chi connectivity index (χ1) is 9.53. The summed E-state index contributed by atoms with van der Waals surface area (Å²) in [6.07, 6.45) is 0.208. The van der Waals surface area contributed by atoms with Crippen LogP contribution in [-0.4, -0.2) is 25.1 Å². The van der Waals surface area contributed by atoms with Gasteiger partial charge in [-0.3, -0.25) is 0 Å². The Balaban J connectivity index is 2.05. The third-order valence-electron chi connectivity index (χ3n) is 2.56. The van der Waals surface area contributed by atoms with Crippen molar-refractivity contribution < 1.29 is 13.5 Å². The molecule has 6 nitrogen and oxygen atoms in total. The second kappa shape index (κ2) is 6.11. The molecule has 8 heteroatoms. The van der Waals surface area contributed by atoms with Crippen LogP contribution >= 0.6 is 11.3 Å². The molecule has 0 aliphatic heterocycles. The van der Waals surface area contributed by atoms with Gasteiger partial charge in [0.25, 0.3) is 0 Å². The van der Waals surface area contributed by atoms with Crippen molar-refractivity contribution in [3.63, 3.8) is 0 Å². The van der Waals surface area contributed by atoms with E-state index in [0.29, 0.717) is 5.56 Å². The molecule has 0 aliphatic rings. The second-order valence-electron chi connectivity index (χ2n) is 3.92. The Morgan fingerprint density at radius 3 is 2.80 bits per heavy atom. The van der Waals surface area contributed by atoms with E-state index in [2.05, 4.69) is 9.71 Å². The molecule has 2 aromatic heterocycles. The maximum atomic E-state index is 12.0. The molecule has 2 heterocycles. The lowest BCUT2D eigenvalue weighted by atomic mass is 10.2. The minimum Gasteiger partial charge on any atom is -0.387 e. The highest BCUT2D eigenvalue weighted by molar-refractivity contribution is 7.89. The summed E-state index contributed by atoms with van der Waals surface area (Å²) in [7, 11) is -3.75. The first kappa shape index (κ1) is 14.6. The molecule has 2 N–H and O–H groups in total. The van der Waals surface area contributed by atoms with Crippen LogP contribution in [-0.2, 0) is 10.0 Å². The maximum absolute atomic E-state index is 12.0. The van der Waals surface area contributed by atoms with E-state index in [4.69, 9.17) is 5.26 Å². The molecular weight excluding hydrogens is 298 g/mol. The van der Waals surface area contributed by atoms with Crippen molar-refractivity contribution in [1.29, 1.82) is 5.26 Å². The fourth-order valence-electron chi connectivity index (χ4n) is 1.46. The van der Waals surface area contributed by atoms with E-state index in [1.807, 2.05) is 6.07 Å². The summed E-state index contributed by atoms with van der Waals surface area (Å²) >= 11 is 1.42. The maximum Gasteiger partial charge on any atom is 0.242 e. The van der Waals surface area contributed by atoms with Crippen LogP contribution in [0.3, 0.4) is 0 Å². The van der Waals surface area contributed by atoms with Crippen molar-refractivity contribution in [1.82, 2.24) is 9.71 Å². The average Bonchev–Trinajstić information content (AvgIpc) is 2.99. The lowest BCUT2D eigenvalue weighted by molar-refractivity contribution is 0.182. The van der Waals surface area contributed by atoms with Crippen molar-refractivity contribution in [3.8, 4) is 6.07 Å². The van der Waals surface area contributed by atoms with Gasteiger partial charge in [0.15, 0.2) is 0 Å². The summed E-state index contributed by atoms with van der Waals surface area (Å²) in [5.74, 6) is 0. The minimum absolute atomic E-state index is 0.0472. The van der Waals surface area contributed by atoms with E-state index in [9.17, 15) is 13.5 Å². The zero-order valence-corrected chi connectivity index (χ0v) is 11.9. The first-order valence-corrected chi connectivity index (χ1v) is 8.01. The molecule has 0 saturated carbocycles. The van der Waals surface area contributed by atoms with E-state index >= 15 is 0 Å². The fourth-order valence-corrected chi connectivity index (χ4v) is 3.15. The lowest BCUT2D eigenvalue weighted by Gasteiger charge is -2.11. The molecular formula is C12H11N3O3S2. The van der Waals surface area contributed by atoms with Gasteiger partial charge in [-0.1, -0.05) is 0 Å². The summed E-state index contributed by atoms with van der Waals surface area (Å²) < 4.78 is 26.2. The Labute approximate surface area is 120 Å². The number of hydrogen-bond donors (Lipinski definition) is 2. The van der Waals surface area contributed by atoms with Crippen molar-refractivity contribution in [2.75, 3.05) is 6.54 Å². The Morgan fingerprint density at radius 2 is 2.25 bits per heavy atom. The molecule has 20 heavy (non-hydrogen) atoms. The predicted molar refractivity (Wildman–Crippen MR) is 73.4 cm³/mol. The normalized spacial score (nSPS) is 12.8. The molecule has 0 saturated heterocycles. The number of aliphatic hydroxyl groups excluding tert-OH is 1. The van der Waals surface area contributed by atoms with Gasteiger partial charge in [0, 0.05) is 12.7 Å². The molecule has 0 amide bonds. The highest BCUT2D eigenvalue weighted by Gasteiger charge is 2.17. The van der Waals surface area contributed by atoms with Gasteiger partial charge in [-0.2, -0.15) is 16.6 Å². The van der Waals surface area contributed by atoms with Crippen molar-refractivity contribution >= 4 is 21.4 Å². The number of nitrogens with zero attached hydrogens (tertiary/aromatic N) is 2. The quantitative estimate of drug-likeness (QED) is 0.858. The molecule has 104 valence electrons. The van der Waals surface area contributed by atoms with E-state index in [0.717, 1.165) is 6.20 Å². The topological polar surface area (TPSA) is 103 Å². The molecule has 0 aliphatic carbocycles. The van der Waals surface area contributed by atoms with Crippen LogP contribution in [0.1, 0.15) is 17.4 Å². The van der Waals surface area contributed by atoms with Gasteiger partial charge in [0.05, 0.1) is 6.10 Å². The van der Waals surface area contributed by atoms with Crippen LogP contribution in [0.5, 0.6) is 0 Å². The molecule has 1 unspecified atom stereocenters. The number of hydrogen-bond acceptors (Lipinski definition) is 6. The number of aromatic nitrogens is 1. The van der Waals surface area contributed by atoms with E-state index in [-0.39, 0.29) is 17.1 Å². The van der Waals surface area contributed by atoms with Gasteiger partial charge in [-0.15, -0.1) is 0 Å². The number of aliphatic hydroxyl groups is 1. The van der Waals surface area contributed by atoms with Crippen molar-refractivity contribution in [2.45, 2.75) is 11.0 Å². The zero-order chi connectivity index (χ0) is 14.6.